The van der Waals surface area contributed by atoms with E-state index in [1.165, 1.54) is 16.2 Å². The molecule has 2 heterocycles. The SMILES string of the molecule is O=C(O)[C@H]1CCCCN1C(=O)c1sccc1Cl. The van der Waals surface area contributed by atoms with Gasteiger partial charge in [0.2, 0.25) is 0 Å². The molecule has 6 heteroatoms. The number of halogens is 1. The van der Waals surface area contributed by atoms with Gasteiger partial charge in [0, 0.05) is 6.54 Å². The minimum atomic E-state index is -0.939. The highest BCUT2D eigenvalue weighted by Crippen LogP contribution is 2.27. The largest absolute Gasteiger partial charge is 0.480 e. The summed E-state index contributed by atoms with van der Waals surface area (Å²) in [5, 5.41) is 11.2. The molecule has 2 rings (SSSR count). The van der Waals surface area contributed by atoms with Crippen LogP contribution < -0.4 is 0 Å². The number of hydrogen-bond acceptors (Lipinski definition) is 3. The lowest BCUT2D eigenvalue weighted by molar-refractivity contribution is -0.143. The molecule has 1 N–H and O–H groups in total. The van der Waals surface area contributed by atoms with Crippen molar-refractivity contribution >= 4 is 34.8 Å². The van der Waals surface area contributed by atoms with Crippen LogP contribution in [0.3, 0.4) is 0 Å². The van der Waals surface area contributed by atoms with E-state index in [9.17, 15) is 9.59 Å². The molecule has 1 fully saturated rings. The fraction of sp³-hybridized carbons (Fsp3) is 0.455. The minimum Gasteiger partial charge on any atom is -0.480 e. The van der Waals surface area contributed by atoms with Crippen molar-refractivity contribution in [3.8, 4) is 0 Å². The van der Waals surface area contributed by atoms with Gasteiger partial charge < -0.3 is 10.0 Å². The van der Waals surface area contributed by atoms with E-state index in [1.54, 1.807) is 11.4 Å². The van der Waals surface area contributed by atoms with Crippen LogP contribution in [0.1, 0.15) is 28.9 Å². The summed E-state index contributed by atoms with van der Waals surface area (Å²) in [6, 6.07) is 0.938. The van der Waals surface area contributed by atoms with Crippen LogP contribution in [-0.4, -0.2) is 34.5 Å². The molecule has 1 aliphatic rings. The van der Waals surface area contributed by atoms with Gasteiger partial charge in [-0.05, 0) is 30.7 Å². The third kappa shape index (κ3) is 2.45. The van der Waals surface area contributed by atoms with Gasteiger partial charge in [-0.1, -0.05) is 11.6 Å². The van der Waals surface area contributed by atoms with Crippen molar-refractivity contribution in [1.82, 2.24) is 4.90 Å². The maximum Gasteiger partial charge on any atom is 0.326 e. The number of carbonyl (C=O) groups excluding carboxylic acids is 1. The predicted molar refractivity (Wildman–Crippen MR) is 65.6 cm³/mol. The van der Waals surface area contributed by atoms with Gasteiger partial charge >= 0.3 is 5.97 Å². The van der Waals surface area contributed by atoms with Crippen LogP contribution in [0.4, 0.5) is 0 Å². The predicted octanol–water partition coefficient (Wildman–Crippen LogP) is 2.48. The highest BCUT2D eigenvalue weighted by Gasteiger charge is 2.33. The van der Waals surface area contributed by atoms with Crippen molar-refractivity contribution in [2.45, 2.75) is 25.3 Å². The number of aliphatic carboxylic acids is 1. The van der Waals surface area contributed by atoms with Crippen LogP contribution in [0.2, 0.25) is 5.02 Å². The molecule has 1 aromatic heterocycles. The second kappa shape index (κ2) is 5.06. The number of carboxylic acids is 1. The molecule has 1 aliphatic heterocycles. The van der Waals surface area contributed by atoms with E-state index < -0.39 is 12.0 Å². The second-order valence-electron chi connectivity index (χ2n) is 3.95. The van der Waals surface area contributed by atoms with Crippen molar-refractivity contribution < 1.29 is 14.7 Å². The molecule has 0 aromatic carbocycles. The average Bonchev–Trinajstić information content (AvgIpc) is 2.74. The molecule has 0 bridgehead atoms. The zero-order chi connectivity index (χ0) is 12.4. The van der Waals surface area contributed by atoms with Gasteiger partial charge in [-0.3, -0.25) is 4.79 Å². The third-order valence-electron chi connectivity index (χ3n) is 2.86. The Balaban J connectivity index is 2.23. The molecule has 17 heavy (non-hydrogen) atoms. The molecule has 1 aromatic rings. The molecule has 0 spiro atoms. The summed E-state index contributed by atoms with van der Waals surface area (Å²) < 4.78 is 0. The second-order valence-corrected chi connectivity index (χ2v) is 5.27. The number of likely N-dealkylation sites (tertiary alicyclic amines) is 1. The smallest absolute Gasteiger partial charge is 0.326 e. The summed E-state index contributed by atoms with van der Waals surface area (Å²) in [6.45, 7) is 0.490. The number of piperidine rings is 1. The van der Waals surface area contributed by atoms with Gasteiger partial charge in [-0.25, -0.2) is 4.79 Å². The number of carbonyl (C=O) groups is 2. The average molecular weight is 274 g/mol. The lowest BCUT2D eigenvalue weighted by Gasteiger charge is -2.32. The van der Waals surface area contributed by atoms with Crippen molar-refractivity contribution in [1.29, 1.82) is 0 Å². The van der Waals surface area contributed by atoms with Gasteiger partial charge in [0.1, 0.15) is 10.9 Å². The maximum absolute atomic E-state index is 12.2. The molecular formula is C11H12ClNO3S. The molecule has 0 unspecified atom stereocenters. The molecule has 92 valence electrons. The van der Waals surface area contributed by atoms with Crippen molar-refractivity contribution in [3.63, 3.8) is 0 Å². The summed E-state index contributed by atoms with van der Waals surface area (Å²) >= 11 is 7.15. The number of hydrogen-bond donors (Lipinski definition) is 1. The summed E-state index contributed by atoms with van der Waals surface area (Å²) in [7, 11) is 0. The number of nitrogens with zero attached hydrogens (tertiary/aromatic N) is 1. The van der Waals surface area contributed by atoms with E-state index in [-0.39, 0.29) is 5.91 Å². The van der Waals surface area contributed by atoms with Crippen molar-refractivity contribution in [2.75, 3.05) is 6.54 Å². The maximum atomic E-state index is 12.2. The molecular weight excluding hydrogens is 262 g/mol. The summed E-state index contributed by atoms with van der Waals surface area (Å²) in [4.78, 5) is 25.1. The third-order valence-corrected chi connectivity index (χ3v) is 4.19. The molecule has 1 amide bonds. The van der Waals surface area contributed by atoms with E-state index in [1.807, 2.05) is 0 Å². The fourth-order valence-corrected chi connectivity index (χ4v) is 3.10. The summed E-state index contributed by atoms with van der Waals surface area (Å²) in [5.41, 5.74) is 0. The summed E-state index contributed by atoms with van der Waals surface area (Å²) in [5.74, 6) is -1.21. The van der Waals surface area contributed by atoms with Crippen LogP contribution in [0.5, 0.6) is 0 Å². The van der Waals surface area contributed by atoms with E-state index >= 15 is 0 Å². The van der Waals surface area contributed by atoms with Crippen molar-refractivity contribution in [3.05, 3.63) is 21.3 Å². The first-order valence-electron chi connectivity index (χ1n) is 5.38. The number of amides is 1. The normalized spacial score (nSPS) is 20.3. The molecule has 0 radical (unpaired) electrons. The van der Waals surface area contributed by atoms with E-state index in [2.05, 4.69) is 0 Å². The summed E-state index contributed by atoms with van der Waals surface area (Å²) in [6.07, 6.45) is 2.21. The Morgan fingerprint density at radius 3 is 2.82 bits per heavy atom. The molecule has 1 atom stereocenters. The van der Waals surface area contributed by atoms with Crippen LogP contribution in [0.15, 0.2) is 11.4 Å². The Bertz CT molecular complexity index is 446. The zero-order valence-corrected chi connectivity index (χ0v) is 10.6. The van der Waals surface area contributed by atoms with E-state index in [4.69, 9.17) is 16.7 Å². The Labute approximate surface area is 108 Å². The van der Waals surface area contributed by atoms with Gasteiger partial charge in [-0.2, -0.15) is 0 Å². The van der Waals surface area contributed by atoms with Gasteiger partial charge in [-0.15, -0.1) is 11.3 Å². The number of carboxylic acid groups (broad SMARTS) is 1. The number of thiophene rings is 1. The monoisotopic (exact) mass is 273 g/mol. The molecule has 1 saturated heterocycles. The Hall–Kier alpha value is -1.07. The lowest BCUT2D eigenvalue weighted by Crippen LogP contribution is -2.47. The van der Waals surface area contributed by atoms with Gasteiger partial charge in [0.05, 0.1) is 5.02 Å². The van der Waals surface area contributed by atoms with E-state index in [0.717, 1.165) is 12.8 Å². The number of rotatable bonds is 2. The molecule has 4 nitrogen and oxygen atoms in total. The fourth-order valence-electron chi connectivity index (χ4n) is 2.01. The minimum absolute atomic E-state index is 0.267. The quantitative estimate of drug-likeness (QED) is 0.901. The van der Waals surface area contributed by atoms with Gasteiger partial charge in [0.15, 0.2) is 0 Å². The highest BCUT2D eigenvalue weighted by atomic mass is 35.5. The van der Waals surface area contributed by atoms with Crippen LogP contribution in [0, 0.1) is 0 Å². The first-order chi connectivity index (χ1) is 8.11. The first kappa shape index (κ1) is 12.4. The first-order valence-corrected chi connectivity index (χ1v) is 6.64. The Kier molecular flexibility index (Phi) is 3.69. The van der Waals surface area contributed by atoms with E-state index in [0.29, 0.717) is 22.9 Å². The van der Waals surface area contributed by atoms with Crippen LogP contribution in [-0.2, 0) is 4.79 Å². The highest BCUT2D eigenvalue weighted by molar-refractivity contribution is 7.12. The Morgan fingerprint density at radius 1 is 1.47 bits per heavy atom. The molecule has 0 aliphatic carbocycles. The topological polar surface area (TPSA) is 57.6 Å². The lowest BCUT2D eigenvalue weighted by atomic mass is 10.0. The van der Waals surface area contributed by atoms with Crippen LogP contribution in [0.25, 0.3) is 0 Å². The zero-order valence-electron chi connectivity index (χ0n) is 9.06. The Morgan fingerprint density at radius 2 is 2.24 bits per heavy atom. The molecule has 0 saturated carbocycles. The van der Waals surface area contributed by atoms with Gasteiger partial charge in [0.25, 0.3) is 5.91 Å². The van der Waals surface area contributed by atoms with Crippen molar-refractivity contribution in [2.24, 2.45) is 0 Å². The van der Waals surface area contributed by atoms with Crippen LogP contribution >= 0.6 is 22.9 Å². The standard InChI is InChI=1S/C11H12ClNO3S/c12-7-4-6-17-9(7)10(14)13-5-2-1-3-8(13)11(15)16/h4,6,8H,1-3,5H2,(H,15,16)/t8-/m1/s1.